The number of hydrogen-bond donors (Lipinski definition) is 0. The van der Waals surface area contributed by atoms with Gasteiger partial charge in [0, 0.05) is 18.7 Å². The quantitative estimate of drug-likeness (QED) is 0.276. The summed E-state index contributed by atoms with van der Waals surface area (Å²) in [6.07, 6.45) is 10.3. The number of aryl methyl sites for hydroxylation is 2. The molecule has 7 rings (SSSR count). The average molecular weight is 672 g/mol. The monoisotopic (exact) mass is 670 g/mol. The van der Waals surface area contributed by atoms with Crippen molar-refractivity contribution in [1.29, 1.82) is 0 Å². The molecule has 0 radical (unpaired) electrons. The van der Waals surface area contributed by atoms with Gasteiger partial charge in [-0.2, -0.15) is 0 Å². The van der Waals surface area contributed by atoms with Crippen LogP contribution in [-0.2, 0) is 58.8 Å². The van der Waals surface area contributed by atoms with E-state index in [1.54, 1.807) is 27.8 Å². The number of halogens is 1. The third-order valence-electron chi connectivity index (χ3n) is 11.2. The number of fused-ring (bicyclic) bond motifs is 4. The second-order valence-electron chi connectivity index (χ2n) is 16.5. The van der Waals surface area contributed by atoms with Crippen molar-refractivity contribution in [3.63, 3.8) is 0 Å². The number of rotatable bonds is 3. The molecule has 0 aromatic heterocycles. The third-order valence-corrected chi connectivity index (χ3v) is 12.1. The van der Waals surface area contributed by atoms with Gasteiger partial charge >= 0.3 is 0 Å². The van der Waals surface area contributed by atoms with E-state index < -0.39 is 0 Å². The van der Waals surface area contributed by atoms with E-state index in [1.165, 1.54) is 81.9 Å². The molecule has 242 valence electrons. The van der Waals surface area contributed by atoms with Gasteiger partial charge in [-0.1, -0.05) is 102 Å². The van der Waals surface area contributed by atoms with E-state index in [4.69, 9.17) is 9.47 Å². The van der Waals surface area contributed by atoms with Gasteiger partial charge in [0.2, 0.25) is 0 Å². The summed E-state index contributed by atoms with van der Waals surface area (Å²) >= 11 is 3.81. The minimum atomic E-state index is 0.138. The molecular weight excluding hydrogens is 616 g/mol. The number of ether oxygens (including phenoxy) is 2. The molecule has 0 spiro atoms. The Bertz CT molecular complexity index is 1570. The molecule has 3 aromatic rings. The summed E-state index contributed by atoms with van der Waals surface area (Å²) in [7, 11) is 3.71. The summed E-state index contributed by atoms with van der Waals surface area (Å²) in [6.45, 7) is 18.6. The Labute approximate surface area is 281 Å². The van der Waals surface area contributed by atoms with Crippen LogP contribution in [0, 0.1) is 11.8 Å². The highest BCUT2D eigenvalue weighted by molar-refractivity contribution is 9.10. The Kier molecular flexibility index (Phi) is 8.98. The van der Waals surface area contributed by atoms with Gasteiger partial charge in [0.25, 0.3) is 0 Å². The standard InChI is InChI=1S/C28H38O.C14H17BrO/c1-17-12-23-24(26(17)29-8)15-18-10-9-11-22(18)25(23)19-13-20(27(2,3)4)16-21(14-19)28(5,6)7;1-8-6-11-12(14(8)16-2)7-9-4-3-5-10(9)13(11)15/h13-17,26H,9-12H2,1-8H3;7-8,14H,3-6H2,1-2H3. The fraction of sp³-hybridized carbons (Fsp3) is 0.571. The lowest BCUT2D eigenvalue weighted by Crippen LogP contribution is -2.16. The molecule has 0 bridgehead atoms. The Balaban J connectivity index is 0.000000187. The summed E-state index contributed by atoms with van der Waals surface area (Å²) in [4.78, 5) is 0. The van der Waals surface area contributed by atoms with E-state index in [0.717, 1.165) is 12.8 Å². The summed E-state index contributed by atoms with van der Waals surface area (Å²) in [5, 5.41) is 0. The van der Waals surface area contributed by atoms with E-state index in [9.17, 15) is 0 Å². The first kappa shape index (κ1) is 33.0. The van der Waals surface area contributed by atoms with Crippen LogP contribution in [0.5, 0.6) is 0 Å². The smallest absolute Gasteiger partial charge is 0.0852 e. The van der Waals surface area contributed by atoms with Crippen LogP contribution in [0.1, 0.15) is 136 Å². The van der Waals surface area contributed by atoms with Crippen molar-refractivity contribution in [2.75, 3.05) is 14.2 Å². The predicted octanol–water partition coefficient (Wildman–Crippen LogP) is 11.1. The first-order chi connectivity index (χ1) is 21.2. The minimum absolute atomic E-state index is 0.138. The molecule has 3 heteroatoms. The highest BCUT2D eigenvalue weighted by Gasteiger charge is 2.36. The molecule has 4 unspecified atom stereocenters. The maximum Gasteiger partial charge on any atom is 0.0852 e. The molecule has 3 aromatic carbocycles. The van der Waals surface area contributed by atoms with Crippen LogP contribution in [0.25, 0.3) is 11.1 Å². The lowest BCUT2D eigenvalue weighted by molar-refractivity contribution is 0.0694. The molecule has 0 fully saturated rings. The van der Waals surface area contributed by atoms with Crippen molar-refractivity contribution < 1.29 is 9.47 Å². The van der Waals surface area contributed by atoms with Crippen LogP contribution in [0.15, 0.2) is 34.8 Å². The van der Waals surface area contributed by atoms with Gasteiger partial charge in [-0.3, -0.25) is 0 Å². The van der Waals surface area contributed by atoms with E-state index in [-0.39, 0.29) is 16.9 Å². The van der Waals surface area contributed by atoms with Gasteiger partial charge < -0.3 is 9.47 Å². The van der Waals surface area contributed by atoms with E-state index in [0.29, 0.717) is 17.9 Å². The molecule has 0 saturated carbocycles. The van der Waals surface area contributed by atoms with E-state index in [2.05, 4.69) is 102 Å². The molecular formula is C42H55BrO2. The number of hydrogen-bond acceptors (Lipinski definition) is 2. The maximum atomic E-state index is 5.96. The lowest BCUT2D eigenvalue weighted by Gasteiger charge is -2.27. The minimum Gasteiger partial charge on any atom is -0.376 e. The molecule has 0 saturated heterocycles. The SMILES string of the molecule is COC1c2cc3c(c(-c4cc(C(C)(C)C)cc(C(C)(C)C)c4)c2CC1C)CCC3.COC1c2cc3c(c(Br)c2CC1C)CCC3. The van der Waals surface area contributed by atoms with Crippen LogP contribution >= 0.6 is 15.9 Å². The van der Waals surface area contributed by atoms with Crippen LogP contribution in [0.4, 0.5) is 0 Å². The first-order valence-corrected chi connectivity index (χ1v) is 18.2. The topological polar surface area (TPSA) is 18.5 Å². The summed E-state index contributed by atoms with van der Waals surface area (Å²) in [5.41, 5.74) is 18.3. The highest BCUT2D eigenvalue weighted by Crippen LogP contribution is 2.49. The maximum absolute atomic E-state index is 5.96. The van der Waals surface area contributed by atoms with Gasteiger partial charge in [0.1, 0.15) is 0 Å². The van der Waals surface area contributed by atoms with Gasteiger partial charge in [0.15, 0.2) is 0 Å². The molecule has 2 nitrogen and oxygen atoms in total. The molecule has 0 amide bonds. The van der Waals surface area contributed by atoms with Gasteiger partial charge in [-0.05, 0) is 141 Å². The lowest BCUT2D eigenvalue weighted by atomic mass is 9.77. The molecule has 4 aliphatic carbocycles. The summed E-state index contributed by atoms with van der Waals surface area (Å²) in [5.74, 6) is 1.16. The second kappa shape index (κ2) is 12.3. The Morgan fingerprint density at radius 1 is 0.600 bits per heavy atom. The molecule has 0 aliphatic heterocycles. The fourth-order valence-electron chi connectivity index (χ4n) is 8.69. The zero-order valence-electron chi connectivity index (χ0n) is 29.5. The Morgan fingerprint density at radius 2 is 1.07 bits per heavy atom. The van der Waals surface area contributed by atoms with Crippen molar-refractivity contribution in [2.24, 2.45) is 11.8 Å². The zero-order valence-corrected chi connectivity index (χ0v) is 31.1. The zero-order chi connectivity index (χ0) is 32.4. The van der Waals surface area contributed by atoms with Gasteiger partial charge in [0.05, 0.1) is 12.2 Å². The largest absolute Gasteiger partial charge is 0.376 e. The number of benzene rings is 3. The van der Waals surface area contributed by atoms with Gasteiger partial charge in [-0.15, -0.1) is 0 Å². The van der Waals surface area contributed by atoms with Crippen molar-refractivity contribution in [2.45, 2.75) is 130 Å². The van der Waals surface area contributed by atoms with Crippen molar-refractivity contribution in [1.82, 2.24) is 0 Å². The molecule has 4 aliphatic rings. The van der Waals surface area contributed by atoms with Crippen molar-refractivity contribution in [3.8, 4) is 11.1 Å². The molecule has 0 heterocycles. The normalized spacial score (nSPS) is 23.4. The van der Waals surface area contributed by atoms with E-state index >= 15 is 0 Å². The van der Waals surface area contributed by atoms with Crippen LogP contribution in [0.2, 0.25) is 0 Å². The summed E-state index contributed by atoms with van der Waals surface area (Å²) in [6, 6.07) is 12.3. The Morgan fingerprint density at radius 3 is 1.58 bits per heavy atom. The predicted molar refractivity (Wildman–Crippen MR) is 193 cm³/mol. The van der Waals surface area contributed by atoms with Crippen molar-refractivity contribution >= 4 is 15.9 Å². The summed E-state index contributed by atoms with van der Waals surface area (Å²) < 4.78 is 13.0. The van der Waals surface area contributed by atoms with Crippen LogP contribution in [0.3, 0.4) is 0 Å². The third kappa shape index (κ3) is 6.00. The van der Waals surface area contributed by atoms with Crippen molar-refractivity contribution in [3.05, 3.63) is 90.4 Å². The van der Waals surface area contributed by atoms with Gasteiger partial charge in [-0.25, -0.2) is 0 Å². The fourth-order valence-corrected chi connectivity index (χ4v) is 9.53. The Hall–Kier alpha value is -1.94. The van der Waals surface area contributed by atoms with Crippen LogP contribution in [-0.4, -0.2) is 14.2 Å². The molecule has 0 N–H and O–H groups in total. The average Bonchev–Trinajstić information content (AvgIpc) is 3.76. The van der Waals surface area contributed by atoms with E-state index in [1.807, 2.05) is 14.2 Å². The second-order valence-corrected chi connectivity index (χ2v) is 17.3. The molecule has 45 heavy (non-hydrogen) atoms. The van der Waals surface area contributed by atoms with Crippen LogP contribution < -0.4 is 0 Å². The first-order valence-electron chi connectivity index (χ1n) is 17.5. The molecule has 4 atom stereocenters. The highest BCUT2D eigenvalue weighted by atomic mass is 79.9. The number of methoxy groups -OCH3 is 2.